The highest BCUT2D eigenvalue weighted by Gasteiger charge is 2.31. The van der Waals surface area contributed by atoms with E-state index >= 15 is 0 Å². The Balaban J connectivity index is 1.35. The number of ether oxygens (including phenoxy) is 1. The second kappa shape index (κ2) is 11.3. The number of amides is 1. The minimum absolute atomic E-state index is 0.0883. The summed E-state index contributed by atoms with van der Waals surface area (Å²) in [5.41, 5.74) is 9.21. The molecule has 0 bridgehead atoms. The molecule has 0 aliphatic carbocycles. The first kappa shape index (κ1) is 25.8. The number of carbonyl (C=O) groups excluding carboxylic acids is 1. The molecule has 5 rings (SSSR count). The molecule has 2 fully saturated rings. The lowest BCUT2D eigenvalue weighted by Gasteiger charge is -2.28. The highest BCUT2D eigenvalue weighted by atomic mass is 35.5. The summed E-state index contributed by atoms with van der Waals surface area (Å²) in [6.07, 6.45) is 5.90. The number of nitrogen functional groups attached to an aromatic ring is 1. The number of anilines is 1. The molecule has 37 heavy (non-hydrogen) atoms. The Bertz CT molecular complexity index is 1260. The first-order valence-corrected chi connectivity index (χ1v) is 13.7. The monoisotopic (exact) mass is 538 g/mol. The standard InChI is InChI=1S/C29H32Cl2N4O2/c1-19(27-24(30)10-5-11-25(27)31)37-26-16-22(17-33-28(26)32)20-7-4-8-21(15-20)29(36)35-14-6-9-23(35)18-34-12-2-3-13-34/h4-5,7-8,10-11,15-17,19,23H,2-3,6,9,12-14,18H2,1H3,(H2,32,33)/t19?,23-/m1/s1. The summed E-state index contributed by atoms with van der Waals surface area (Å²) in [5.74, 6) is 0.793. The molecule has 2 aliphatic heterocycles. The van der Waals surface area contributed by atoms with E-state index in [4.69, 9.17) is 33.7 Å². The van der Waals surface area contributed by atoms with E-state index < -0.39 is 6.10 Å². The van der Waals surface area contributed by atoms with Crippen molar-refractivity contribution in [3.05, 3.63) is 75.9 Å². The number of likely N-dealkylation sites (tertiary alicyclic amines) is 2. The van der Waals surface area contributed by atoms with Crippen molar-refractivity contribution >= 4 is 34.9 Å². The Morgan fingerprint density at radius 1 is 1.05 bits per heavy atom. The number of aromatic nitrogens is 1. The number of pyridine rings is 1. The zero-order valence-corrected chi connectivity index (χ0v) is 22.5. The van der Waals surface area contributed by atoms with Crippen molar-refractivity contribution in [3.63, 3.8) is 0 Å². The molecule has 3 aromatic rings. The Morgan fingerprint density at radius 2 is 1.78 bits per heavy atom. The lowest BCUT2D eigenvalue weighted by molar-refractivity contribution is 0.0709. The fraction of sp³-hybridized carbons (Fsp3) is 0.379. The Morgan fingerprint density at radius 3 is 2.54 bits per heavy atom. The van der Waals surface area contributed by atoms with Gasteiger partial charge in [0.05, 0.1) is 0 Å². The SMILES string of the molecule is CC(Oc1cc(-c2cccc(C(=O)N3CCC[C@@H]3CN3CCCC3)c2)cnc1N)c1c(Cl)cccc1Cl. The second-order valence-electron chi connectivity index (χ2n) is 9.89. The number of nitrogens with two attached hydrogens (primary N) is 1. The van der Waals surface area contributed by atoms with Crippen LogP contribution in [0.3, 0.4) is 0 Å². The summed E-state index contributed by atoms with van der Waals surface area (Å²) in [5, 5.41) is 1.05. The molecule has 1 amide bonds. The molecule has 2 aliphatic rings. The summed E-state index contributed by atoms with van der Waals surface area (Å²) in [6.45, 7) is 5.94. The molecule has 0 spiro atoms. The molecule has 2 N–H and O–H groups in total. The largest absolute Gasteiger partial charge is 0.482 e. The summed E-state index contributed by atoms with van der Waals surface area (Å²) >= 11 is 12.7. The van der Waals surface area contributed by atoms with Gasteiger partial charge in [-0.2, -0.15) is 0 Å². The molecule has 2 atom stereocenters. The van der Waals surface area contributed by atoms with E-state index in [9.17, 15) is 4.79 Å². The van der Waals surface area contributed by atoms with Gasteiger partial charge < -0.3 is 20.3 Å². The van der Waals surface area contributed by atoms with Gasteiger partial charge in [0.1, 0.15) is 6.10 Å². The molecule has 1 aromatic heterocycles. The van der Waals surface area contributed by atoms with E-state index in [0.717, 1.165) is 50.1 Å². The molecule has 3 heterocycles. The van der Waals surface area contributed by atoms with Crippen LogP contribution >= 0.6 is 23.2 Å². The summed E-state index contributed by atoms with van der Waals surface area (Å²) in [4.78, 5) is 22.4. The maximum Gasteiger partial charge on any atom is 0.254 e. The highest BCUT2D eigenvalue weighted by Crippen LogP contribution is 2.36. The number of nitrogens with zero attached hydrogens (tertiary/aromatic N) is 3. The first-order valence-electron chi connectivity index (χ1n) is 12.9. The van der Waals surface area contributed by atoms with Gasteiger partial charge in [0.2, 0.25) is 0 Å². The highest BCUT2D eigenvalue weighted by molar-refractivity contribution is 6.36. The van der Waals surface area contributed by atoms with Crippen molar-refractivity contribution < 1.29 is 9.53 Å². The van der Waals surface area contributed by atoms with Gasteiger partial charge in [-0.1, -0.05) is 41.4 Å². The van der Waals surface area contributed by atoms with Crippen molar-refractivity contribution in [2.24, 2.45) is 0 Å². The topological polar surface area (TPSA) is 71.7 Å². The summed E-state index contributed by atoms with van der Waals surface area (Å²) in [7, 11) is 0. The molecular formula is C29H32Cl2N4O2. The first-order chi connectivity index (χ1) is 17.9. The predicted octanol–water partition coefficient (Wildman–Crippen LogP) is 6.48. The third-order valence-corrected chi connectivity index (χ3v) is 8.00. The molecule has 194 valence electrons. The number of halogens is 2. The molecule has 8 heteroatoms. The average molecular weight is 540 g/mol. The van der Waals surface area contributed by atoms with Crippen LogP contribution in [0, 0.1) is 0 Å². The Labute approximate surface area is 228 Å². The van der Waals surface area contributed by atoms with Crippen LogP contribution in [-0.2, 0) is 0 Å². The Kier molecular flexibility index (Phi) is 7.89. The fourth-order valence-electron chi connectivity index (χ4n) is 5.41. The van der Waals surface area contributed by atoms with Crippen LogP contribution in [0.15, 0.2) is 54.7 Å². The summed E-state index contributed by atoms with van der Waals surface area (Å²) < 4.78 is 6.16. The van der Waals surface area contributed by atoms with Crippen LogP contribution in [0.2, 0.25) is 10.0 Å². The van der Waals surface area contributed by atoms with Gasteiger partial charge in [-0.3, -0.25) is 4.79 Å². The molecule has 0 saturated carbocycles. The zero-order valence-electron chi connectivity index (χ0n) is 21.0. The molecule has 2 saturated heterocycles. The molecular weight excluding hydrogens is 507 g/mol. The molecule has 1 unspecified atom stereocenters. The Hall–Kier alpha value is -2.80. The van der Waals surface area contributed by atoms with Gasteiger partial charge in [-0.15, -0.1) is 0 Å². The van der Waals surface area contributed by atoms with Crippen molar-refractivity contribution in [1.82, 2.24) is 14.8 Å². The van der Waals surface area contributed by atoms with Crippen LogP contribution in [0.4, 0.5) is 5.82 Å². The van der Waals surface area contributed by atoms with Crippen LogP contribution in [0.25, 0.3) is 11.1 Å². The summed E-state index contributed by atoms with van der Waals surface area (Å²) in [6, 6.07) is 15.2. The van der Waals surface area contributed by atoms with E-state index in [0.29, 0.717) is 26.9 Å². The molecule has 0 radical (unpaired) electrons. The normalized spacial score (nSPS) is 18.8. The number of rotatable bonds is 7. The maximum absolute atomic E-state index is 13.5. The van der Waals surface area contributed by atoms with E-state index in [2.05, 4.69) is 14.8 Å². The minimum atomic E-state index is -0.434. The molecule has 6 nitrogen and oxygen atoms in total. The van der Waals surface area contributed by atoms with Crippen LogP contribution in [0.5, 0.6) is 5.75 Å². The van der Waals surface area contributed by atoms with Crippen molar-refractivity contribution in [2.75, 3.05) is 31.9 Å². The van der Waals surface area contributed by atoms with Crippen molar-refractivity contribution in [3.8, 4) is 16.9 Å². The van der Waals surface area contributed by atoms with E-state index in [1.54, 1.807) is 24.4 Å². The minimum Gasteiger partial charge on any atom is -0.482 e. The van der Waals surface area contributed by atoms with E-state index in [1.807, 2.05) is 37.3 Å². The average Bonchev–Trinajstić information content (AvgIpc) is 3.57. The number of benzene rings is 2. The van der Waals surface area contributed by atoms with Crippen LogP contribution < -0.4 is 10.5 Å². The molecule has 2 aromatic carbocycles. The lowest BCUT2D eigenvalue weighted by Crippen LogP contribution is -2.42. The van der Waals surface area contributed by atoms with Gasteiger partial charge >= 0.3 is 0 Å². The van der Waals surface area contributed by atoms with E-state index in [-0.39, 0.29) is 17.8 Å². The van der Waals surface area contributed by atoms with Gasteiger partial charge in [0.25, 0.3) is 5.91 Å². The zero-order chi connectivity index (χ0) is 25.9. The fourth-order valence-corrected chi connectivity index (χ4v) is 6.11. The number of hydrogen-bond acceptors (Lipinski definition) is 5. The number of carbonyl (C=O) groups is 1. The van der Waals surface area contributed by atoms with Crippen molar-refractivity contribution in [2.45, 2.75) is 44.8 Å². The van der Waals surface area contributed by atoms with Gasteiger partial charge in [0, 0.05) is 52.1 Å². The van der Waals surface area contributed by atoms with Gasteiger partial charge in [-0.25, -0.2) is 4.98 Å². The smallest absolute Gasteiger partial charge is 0.254 e. The van der Waals surface area contributed by atoms with E-state index in [1.165, 1.54) is 12.8 Å². The second-order valence-corrected chi connectivity index (χ2v) is 10.7. The lowest BCUT2D eigenvalue weighted by atomic mass is 10.0. The third kappa shape index (κ3) is 5.71. The van der Waals surface area contributed by atoms with Crippen LogP contribution in [0.1, 0.15) is 54.6 Å². The van der Waals surface area contributed by atoms with Crippen molar-refractivity contribution in [1.29, 1.82) is 0 Å². The third-order valence-electron chi connectivity index (χ3n) is 7.34. The predicted molar refractivity (Wildman–Crippen MR) is 149 cm³/mol. The maximum atomic E-state index is 13.5. The quantitative estimate of drug-likeness (QED) is 0.372. The van der Waals surface area contributed by atoms with Gasteiger partial charge in [-0.05, 0) is 81.6 Å². The van der Waals surface area contributed by atoms with Crippen LogP contribution in [-0.4, -0.2) is 52.9 Å². The number of hydrogen-bond donors (Lipinski definition) is 1. The van der Waals surface area contributed by atoms with Gasteiger partial charge in [0.15, 0.2) is 11.6 Å².